The van der Waals surface area contributed by atoms with Gasteiger partial charge in [-0.05, 0) is 11.6 Å². The van der Waals surface area contributed by atoms with Crippen molar-refractivity contribution in [3.63, 3.8) is 0 Å². The Morgan fingerprint density at radius 1 is 1.47 bits per heavy atom. The lowest BCUT2D eigenvalue weighted by Crippen LogP contribution is -2.18. The summed E-state index contributed by atoms with van der Waals surface area (Å²) in [6, 6.07) is 3.71. The van der Waals surface area contributed by atoms with Crippen molar-refractivity contribution in [3.8, 4) is 5.75 Å². The van der Waals surface area contributed by atoms with E-state index in [4.69, 9.17) is 10.8 Å². The summed E-state index contributed by atoms with van der Waals surface area (Å²) in [5.74, 6) is -1.55. The highest BCUT2D eigenvalue weighted by molar-refractivity contribution is 5.91. The Morgan fingerprint density at radius 2 is 2.12 bits per heavy atom. The number of amides is 1. The molecule has 6 nitrogen and oxygen atoms in total. The number of rotatable bonds is 4. The topological polar surface area (TPSA) is 113 Å². The average Bonchev–Trinajstić information content (AvgIpc) is 2.19. The smallest absolute Gasteiger partial charge is 0.305 e. The van der Waals surface area contributed by atoms with Crippen LogP contribution in [0.2, 0.25) is 0 Å². The van der Waals surface area contributed by atoms with Gasteiger partial charge in [-0.15, -0.1) is 0 Å². The summed E-state index contributed by atoms with van der Waals surface area (Å²) in [6.07, 6.45) is -0.282. The number of nitrogens with two attached hydrogens (primary N) is 1. The third-order valence-corrected chi connectivity index (χ3v) is 2.17. The van der Waals surface area contributed by atoms with Crippen LogP contribution in [0, 0.1) is 0 Å². The summed E-state index contributed by atoms with van der Waals surface area (Å²) in [6.45, 7) is 1.29. The van der Waals surface area contributed by atoms with Crippen molar-refractivity contribution < 1.29 is 19.8 Å². The first-order chi connectivity index (χ1) is 7.91. The number of benzene rings is 1. The molecule has 1 aromatic carbocycles. The molecule has 92 valence electrons. The summed E-state index contributed by atoms with van der Waals surface area (Å²) in [4.78, 5) is 21.6. The van der Waals surface area contributed by atoms with E-state index in [1.54, 1.807) is 6.07 Å². The van der Waals surface area contributed by atoms with Crippen LogP contribution >= 0.6 is 0 Å². The maximum absolute atomic E-state index is 11.0. The van der Waals surface area contributed by atoms with Crippen molar-refractivity contribution in [2.45, 2.75) is 19.4 Å². The van der Waals surface area contributed by atoms with Crippen molar-refractivity contribution in [2.24, 2.45) is 5.73 Å². The van der Waals surface area contributed by atoms with Gasteiger partial charge in [-0.25, -0.2) is 0 Å². The molecule has 6 heteroatoms. The second-order valence-corrected chi connectivity index (χ2v) is 3.63. The number of para-hydroxylation sites is 1. The van der Waals surface area contributed by atoms with E-state index >= 15 is 0 Å². The van der Waals surface area contributed by atoms with Crippen LogP contribution in [0.3, 0.4) is 0 Å². The molecule has 17 heavy (non-hydrogen) atoms. The molecule has 1 amide bonds. The van der Waals surface area contributed by atoms with Crippen molar-refractivity contribution in [3.05, 3.63) is 23.8 Å². The van der Waals surface area contributed by atoms with E-state index in [0.29, 0.717) is 5.56 Å². The fourth-order valence-corrected chi connectivity index (χ4v) is 1.48. The zero-order valence-electron chi connectivity index (χ0n) is 9.30. The first-order valence-corrected chi connectivity index (χ1v) is 4.98. The number of nitrogens with one attached hydrogen (secondary N) is 1. The molecular formula is C11H14N2O4. The van der Waals surface area contributed by atoms with Gasteiger partial charge in [-0.3, -0.25) is 9.59 Å². The number of aliphatic carboxylic acids is 1. The minimum Gasteiger partial charge on any atom is -0.506 e. The third kappa shape index (κ3) is 3.46. The highest BCUT2D eigenvalue weighted by atomic mass is 16.4. The standard InChI is InChI=1S/C11H14N2O4/c1-6(14)13-11-7(3-2-4-9(11)15)8(12)5-10(16)17/h2-4,8,15H,5,12H2,1H3,(H,13,14)(H,16,17). The van der Waals surface area contributed by atoms with Crippen LogP contribution in [0.4, 0.5) is 5.69 Å². The quantitative estimate of drug-likeness (QED) is 0.580. The number of carboxylic acids is 1. The van der Waals surface area contributed by atoms with E-state index in [2.05, 4.69) is 5.32 Å². The van der Waals surface area contributed by atoms with Gasteiger partial charge in [0.15, 0.2) is 0 Å². The number of carbonyl (C=O) groups excluding carboxylic acids is 1. The molecule has 0 saturated heterocycles. The van der Waals surface area contributed by atoms with Crippen LogP contribution < -0.4 is 11.1 Å². The van der Waals surface area contributed by atoms with Gasteiger partial charge >= 0.3 is 5.97 Å². The number of aromatic hydroxyl groups is 1. The van der Waals surface area contributed by atoms with Gasteiger partial charge in [0.05, 0.1) is 12.1 Å². The Balaban J connectivity index is 3.09. The third-order valence-electron chi connectivity index (χ3n) is 2.17. The van der Waals surface area contributed by atoms with E-state index in [1.807, 2.05) is 0 Å². The van der Waals surface area contributed by atoms with E-state index in [9.17, 15) is 14.7 Å². The number of carbonyl (C=O) groups is 2. The van der Waals surface area contributed by atoms with Crippen LogP contribution in [0.25, 0.3) is 0 Å². The predicted octanol–water partition coefficient (Wildman–Crippen LogP) is 0.825. The number of hydrogen-bond donors (Lipinski definition) is 4. The Hall–Kier alpha value is -2.08. The first-order valence-electron chi connectivity index (χ1n) is 4.98. The van der Waals surface area contributed by atoms with Crippen molar-refractivity contribution in [1.82, 2.24) is 0 Å². The number of carboxylic acid groups (broad SMARTS) is 1. The monoisotopic (exact) mass is 238 g/mol. The van der Waals surface area contributed by atoms with Gasteiger partial charge in [0.2, 0.25) is 5.91 Å². The van der Waals surface area contributed by atoms with Gasteiger partial charge in [0.25, 0.3) is 0 Å². The molecule has 5 N–H and O–H groups in total. The van der Waals surface area contributed by atoms with Gasteiger partial charge in [-0.2, -0.15) is 0 Å². The molecule has 0 fully saturated rings. The van der Waals surface area contributed by atoms with Crippen LogP contribution in [0.5, 0.6) is 5.75 Å². The molecule has 0 spiro atoms. The SMILES string of the molecule is CC(=O)Nc1c(O)cccc1C(N)CC(=O)O. The van der Waals surface area contributed by atoms with Crippen LogP contribution in [-0.2, 0) is 9.59 Å². The lowest BCUT2D eigenvalue weighted by molar-refractivity contribution is -0.137. The molecule has 0 aliphatic heterocycles. The molecule has 0 aliphatic carbocycles. The van der Waals surface area contributed by atoms with E-state index < -0.39 is 12.0 Å². The molecule has 0 saturated carbocycles. The zero-order chi connectivity index (χ0) is 13.0. The molecule has 1 rings (SSSR count). The molecule has 0 heterocycles. The molecule has 0 bridgehead atoms. The lowest BCUT2D eigenvalue weighted by Gasteiger charge is -2.16. The second kappa shape index (κ2) is 5.31. The van der Waals surface area contributed by atoms with Gasteiger partial charge in [0.1, 0.15) is 5.75 Å². The Morgan fingerprint density at radius 3 is 2.65 bits per heavy atom. The van der Waals surface area contributed by atoms with E-state index in [-0.39, 0.29) is 23.8 Å². The molecular weight excluding hydrogens is 224 g/mol. The lowest BCUT2D eigenvalue weighted by atomic mass is 10.0. The van der Waals surface area contributed by atoms with Crippen molar-refractivity contribution in [2.75, 3.05) is 5.32 Å². The molecule has 0 aromatic heterocycles. The minimum atomic E-state index is -1.05. The van der Waals surface area contributed by atoms with Gasteiger partial charge < -0.3 is 21.3 Å². The van der Waals surface area contributed by atoms with Gasteiger partial charge in [-0.1, -0.05) is 12.1 Å². The van der Waals surface area contributed by atoms with Crippen LogP contribution in [0.1, 0.15) is 24.9 Å². The van der Waals surface area contributed by atoms with Crippen molar-refractivity contribution in [1.29, 1.82) is 0 Å². The zero-order valence-corrected chi connectivity index (χ0v) is 9.30. The number of anilines is 1. The van der Waals surface area contributed by atoms with Gasteiger partial charge in [0, 0.05) is 13.0 Å². The highest BCUT2D eigenvalue weighted by Gasteiger charge is 2.17. The first kappa shape index (κ1) is 13.0. The molecule has 1 unspecified atom stereocenters. The summed E-state index contributed by atoms with van der Waals surface area (Å²) < 4.78 is 0. The van der Waals surface area contributed by atoms with Crippen LogP contribution in [-0.4, -0.2) is 22.1 Å². The van der Waals surface area contributed by atoms with E-state index in [1.165, 1.54) is 19.1 Å². The maximum Gasteiger partial charge on any atom is 0.305 e. The molecule has 1 aromatic rings. The van der Waals surface area contributed by atoms with E-state index in [0.717, 1.165) is 0 Å². The maximum atomic E-state index is 11.0. The highest BCUT2D eigenvalue weighted by Crippen LogP contribution is 2.31. The Bertz CT molecular complexity index is 445. The molecule has 1 atom stereocenters. The normalized spacial score (nSPS) is 11.9. The second-order valence-electron chi connectivity index (χ2n) is 3.63. The number of phenols is 1. The fourth-order valence-electron chi connectivity index (χ4n) is 1.48. The molecule has 0 aliphatic rings. The predicted molar refractivity (Wildman–Crippen MR) is 61.6 cm³/mol. The average molecular weight is 238 g/mol. The van der Waals surface area contributed by atoms with Crippen molar-refractivity contribution >= 4 is 17.6 Å². The Kier molecular flexibility index (Phi) is 4.06. The molecule has 0 radical (unpaired) electrons. The summed E-state index contributed by atoms with van der Waals surface area (Å²) in [5, 5.41) is 20.7. The number of phenolic OH excluding ortho intramolecular Hbond substituents is 1. The summed E-state index contributed by atoms with van der Waals surface area (Å²) in [7, 11) is 0. The Labute approximate surface area is 98.1 Å². The largest absolute Gasteiger partial charge is 0.506 e. The number of hydrogen-bond acceptors (Lipinski definition) is 4. The van der Waals surface area contributed by atoms with Crippen LogP contribution in [0.15, 0.2) is 18.2 Å². The summed E-state index contributed by atoms with van der Waals surface area (Å²) >= 11 is 0. The minimum absolute atomic E-state index is 0.140. The summed E-state index contributed by atoms with van der Waals surface area (Å²) in [5.41, 5.74) is 6.25. The fraction of sp³-hybridized carbons (Fsp3) is 0.273.